The summed E-state index contributed by atoms with van der Waals surface area (Å²) in [6, 6.07) is 12.1. The number of halogens is 7. The average Bonchev–Trinajstić information content (AvgIpc) is 3.34. The van der Waals surface area contributed by atoms with Gasteiger partial charge in [-0.1, -0.05) is 52.7 Å². The second-order valence-corrected chi connectivity index (χ2v) is 10.8. The number of rotatable bonds is 5. The quantitative estimate of drug-likeness (QED) is 0.0824. The lowest BCUT2D eigenvalue weighted by atomic mass is 10.2. The first kappa shape index (κ1) is 58.2. The number of anilines is 2. The summed E-state index contributed by atoms with van der Waals surface area (Å²) in [4.78, 5) is 34.7. The van der Waals surface area contributed by atoms with Crippen molar-refractivity contribution in [1.29, 1.82) is 5.26 Å². The molecule has 1 aliphatic rings. The molecule has 0 unspecified atom stereocenters. The lowest BCUT2D eigenvalue weighted by molar-refractivity contribution is -0.192. The highest BCUT2D eigenvalue weighted by molar-refractivity contribution is 6.04. The van der Waals surface area contributed by atoms with Gasteiger partial charge in [0.25, 0.3) is 11.8 Å². The number of benzene rings is 1. The van der Waals surface area contributed by atoms with Gasteiger partial charge >= 0.3 is 18.1 Å². The SMILES string of the molecule is C1CCCNCC1.CC.CC.CC(C)(F)C(=O)O.CF.CN/N=C(\C)C(C)(F)F.N#Cc1ccccc1NC(=O)c1ccc2cnc(N)nn12.O=C(O)C(F)(F)F. The van der Waals surface area contributed by atoms with E-state index in [0.29, 0.717) is 29.6 Å². The van der Waals surface area contributed by atoms with E-state index in [1.807, 2.05) is 33.8 Å². The van der Waals surface area contributed by atoms with E-state index in [1.165, 1.54) is 63.5 Å². The number of amides is 1. The molecule has 1 amide bonds. The molecule has 0 radical (unpaired) electrons. The van der Waals surface area contributed by atoms with Crippen LogP contribution in [0.5, 0.6) is 0 Å². The summed E-state index contributed by atoms with van der Waals surface area (Å²) >= 11 is 0. The fraction of sp³-hybridized carbons (Fsp3) is 0.528. The van der Waals surface area contributed by atoms with Crippen LogP contribution in [0.2, 0.25) is 0 Å². The first-order valence-corrected chi connectivity index (χ1v) is 17.4. The smallest absolute Gasteiger partial charge is 0.479 e. The Balaban J connectivity index is -0.000000329. The van der Waals surface area contributed by atoms with Crippen molar-refractivity contribution >= 4 is 40.7 Å². The van der Waals surface area contributed by atoms with Gasteiger partial charge < -0.3 is 32.0 Å². The van der Waals surface area contributed by atoms with Crippen molar-refractivity contribution in [2.24, 2.45) is 5.10 Å². The van der Waals surface area contributed by atoms with Crippen molar-refractivity contribution in [2.45, 2.75) is 98.8 Å². The molecule has 21 heteroatoms. The van der Waals surface area contributed by atoms with Gasteiger partial charge in [0.15, 0.2) is 0 Å². The molecule has 0 spiro atoms. The van der Waals surface area contributed by atoms with E-state index in [-0.39, 0.29) is 17.6 Å². The zero-order valence-electron chi connectivity index (χ0n) is 33.9. The summed E-state index contributed by atoms with van der Waals surface area (Å²) < 4.78 is 78.8. The molecule has 1 fully saturated rings. The molecule has 4 rings (SSSR count). The number of para-hydroxylation sites is 1. The van der Waals surface area contributed by atoms with Crippen molar-refractivity contribution in [1.82, 2.24) is 25.3 Å². The monoisotopic (exact) mass is 827 g/mol. The first-order valence-electron chi connectivity index (χ1n) is 17.4. The fourth-order valence-electron chi connectivity index (χ4n) is 3.21. The van der Waals surface area contributed by atoms with Crippen molar-refractivity contribution < 1.29 is 55.3 Å². The number of carbonyl (C=O) groups is 3. The number of carboxylic acid groups (broad SMARTS) is 2. The van der Waals surface area contributed by atoms with Crippen LogP contribution in [0.3, 0.4) is 0 Å². The van der Waals surface area contributed by atoms with Crippen LogP contribution in [0.1, 0.15) is 97.1 Å². The van der Waals surface area contributed by atoms with Crippen LogP contribution in [0.4, 0.5) is 42.4 Å². The summed E-state index contributed by atoms with van der Waals surface area (Å²) in [5.74, 6) is -7.29. The van der Waals surface area contributed by atoms with E-state index in [4.69, 9.17) is 26.0 Å². The molecule has 1 saturated heterocycles. The zero-order chi connectivity index (χ0) is 45.4. The Morgan fingerprint density at radius 1 is 0.895 bits per heavy atom. The summed E-state index contributed by atoms with van der Waals surface area (Å²) in [5.41, 5.74) is 7.33. The number of carbonyl (C=O) groups excluding carboxylic acids is 1. The molecule has 324 valence electrons. The van der Waals surface area contributed by atoms with Crippen molar-refractivity contribution in [3.63, 3.8) is 0 Å². The largest absolute Gasteiger partial charge is 0.490 e. The van der Waals surface area contributed by atoms with Crippen molar-refractivity contribution in [2.75, 3.05) is 38.4 Å². The van der Waals surface area contributed by atoms with Crippen LogP contribution < -0.4 is 21.8 Å². The van der Waals surface area contributed by atoms with Gasteiger partial charge in [-0.2, -0.15) is 23.5 Å². The Morgan fingerprint density at radius 3 is 1.75 bits per heavy atom. The van der Waals surface area contributed by atoms with Crippen LogP contribution in [-0.4, -0.2) is 93.5 Å². The van der Waals surface area contributed by atoms with Gasteiger partial charge in [0.05, 0.1) is 30.1 Å². The fourth-order valence-corrected chi connectivity index (χ4v) is 3.21. The highest BCUT2D eigenvalue weighted by atomic mass is 19.4. The number of aromatic nitrogens is 3. The Bertz CT molecular complexity index is 1590. The lowest BCUT2D eigenvalue weighted by Crippen LogP contribution is -2.24. The maximum absolute atomic E-state index is 12.3. The minimum atomic E-state index is -5.08. The third kappa shape index (κ3) is 27.7. The van der Waals surface area contributed by atoms with E-state index < -0.39 is 29.7 Å². The number of nitrogens with two attached hydrogens (primary N) is 1. The predicted molar refractivity (Wildman–Crippen MR) is 207 cm³/mol. The van der Waals surface area contributed by atoms with Gasteiger partial charge in [0.1, 0.15) is 17.5 Å². The maximum Gasteiger partial charge on any atom is 0.490 e. The summed E-state index contributed by atoms with van der Waals surface area (Å²) in [7, 11) is 1.98. The van der Waals surface area contributed by atoms with Crippen LogP contribution in [0.15, 0.2) is 47.7 Å². The number of carboxylic acids is 2. The Morgan fingerprint density at radius 2 is 1.37 bits per heavy atom. The third-order valence-electron chi connectivity index (χ3n) is 6.07. The summed E-state index contributed by atoms with van der Waals surface area (Å²) in [6.07, 6.45) is 2.10. The molecular formula is C36H56F7N9O5. The van der Waals surface area contributed by atoms with Crippen LogP contribution in [0.25, 0.3) is 5.52 Å². The number of fused-ring (bicyclic) bond motifs is 1. The normalized spacial score (nSPS) is 12.0. The minimum Gasteiger partial charge on any atom is -0.479 e. The molecule has 57 heavy (non-hydrogen) atoms. The predicted octanol–water partition coefficient (Wildman–Crippen LogP) is 7.91. The number of hydrogen-bond acceptors (Lipinski definition) is 10. The minimum absolute atomic E-state index is 0.0742. The van der Waals surface area contributed by atoms with Gasteiger partial charge in [-0.15, -0.1) is 5.10 Å². The molecular weight excluding hydrogens is 771 g/mol. The second kappa shape index (κ2) is 31.7. The Labute approximate surface area is 328 Å². The Kier molecular flexibility index (Phi) is 32.3. The number of aliphatic carboxylic acids is 2. The van der Waals surface area contributed by atoms with E-state index >= 15 is 0 Å². The third-order valence-corrected chi connectivity index (χ3v) is 6.07. The molecule has 0 bridgehead atoms. The molecule has 0 saturated carbocycles. The number of hydrogen-bond donors (Lipinski definition) is 6. The second-order valence-electron chi connectivity index (χ2n) is 10.8. The Hall–Kier alpha value is -5.52. The maximum atomic E-state index is 12.3. The molecule has 7 N–H and O–H groups in total. The lowest BCUT2D eigenvalue weighted by Gasteiger charge is -2.07. The number of alkyl halides is 7. The molecule has 14 nitrogen and oxygen atoms in total. The number of nitrogens with zero attached hydrogens (tertiary/aromatic N) is 5. The molecule has 0 aliphatic carbocycles. The number of nitrogens with one attached hydrogen (secondary N) is 3. The molecule has 1 aliphatic heterocycles. The number of hydrazone groups is 1. The van der Waals surface area contributed by atoms with Crippen LogP contribution in [0, 0.1) is 11.3 Å². The van der Waals surface area contributed by atoms with E-state index in [1.54, 1.807) is 36.4 Å². The number of nitrogen functional groups attached to an aromatic ring is 1. The van der Waals surface area contributed by atoms with Crippen molar-refractivity contribution in [3.05, 3.63) is 53.9 Å². The number of nitriles is 1. The molecule has 3 heterocycles. The topological polar surface area (TPSA) is 220 Å². The van der Waals surface area contributed by atoms with Gasteiger partial charge in [0.2, 0.25) is 11.6 Å². The average molecular weight is 828 g/mol. The van der Waals surface area contributed by atoms with E-state index in [2.05, 4.69) is 31.2 Å². The molecule has 3 aromatic rings. The van der Waals surface area contributed by atoms with Crippen LogP contribution in [-0.2, 0) is 9.59 Å². The highest BCUT2D eigenvalue weighted by Crippen LogP contribution is 2.17. The standard InChI is InChI=1S/C14H10N6O.C6H13N.C5H10F2N2.C4H7FO2.C2HF3O2.2C2H6.CH3F/c15-7-9-3-1-2-4-11(9)18-13(21)12-6-5-10-8-17-14(16)19-20(10)12;1-2-4-6-7-5-3-1;1-4(9-8-3)5(2,6)7;1-4(2,5)3(6)7;3-2(4,5)1(6)7;3*1-2/h1-6,8H,(H2,16,19)(H,18,21);7H,1-6H2;8H,1-3H3;1-2H3,(H,6,7);(H,6,7);2*1-2H3;1H3/b;;9-4+;;;;;. The van der Waals surface area contributed by atoms with Gasteiger partial charge in [0, 0.05) is 14.0 Å². The summed E-state index contributed by atoms with van der Waals surface area (Å²) in [5, 5.41) is 37.4. The van der Waals surface area contributed by atoms with E-state index in [9.17, 15) is 40.3 Å². The zero-order valence-corrected chi connectivity index (χ0v) is 33.9. The van der Waals surface area contributed by atoms with Gasteiger partial charge in [-0.25, -0.2) is 32.3 Å². The first-order chi connectivity index (χ1) is 26.6. The molecule has 0 atom stereocenters. The van der Waals surface area contributed by atoms with Crippen molar-refractivity contribution in [3.8, 4) is 6.07 Å². The van der Waals surface area contributed by atoms with E-state index in [0.717, 1.165) is 20.8 Å². The molecule has 2 aromatic heterocycles. The van der Waals surface area contributed by atoms with Gasteiger partial charge in [-0.05, 0) is 71.0 Å². The molecule has 1 aromatic carbocycles. The highest BCUT2D eigenvalue weighted by Gasteiger charge is 2.38. The summed E-state index contributed by atoms with van der Waals surface area (Å²) in [6.45, 7) is 14.6. The van der Waals surface area contributed by atoms with Gasteiger partial charge in [-0.3, -0.25) is 9.18 Å². The van der Waals surface area contributed by atoms with Crippen LogP contribution >= 0.6 is 0 Å².